The quantitative estimate of drug-likeness (QED) is 0.740. The molecule has 0 amide bonds. The zero-order chi connectivity index (χ0) is 15.3. The highest BCUT2D eigenvalue weighted by Crippen LogP contribution is 2.29. The van der Waals surface area contributed by atoms with Crippen molar-refractivity contribution in [2.75, 3.05) is 0 Å². The number of allylic oxidation sites excluding steroid dienone is 4. The number of hydrogen-bond donors (Lipinski definition) is 0. The van der Waals surface area contributed by atoms with Crippen LogP contribution >= 0.6 is 0 Å². The number of rotatable bonds is 5. The van der Waals surface area contributed by atoms with E-state index in [1.165, 1.54) is 11.1 Å². The topological polar surface area (TPSA) is 34.1 Å². The lowest BCUT2D eigenvalue weighted by atomic mass is 9.95. The predicted octanol–water partition coefficient (Wildman–Crippen LogP) is 4.69. The molecule has 0 heterocycles. The summed E-state index contributed by atoms with van der Waals surface area (Å²) < 4.78 is 25.1. The maximum atomic E-state index is 12.6. The van der Waals surface area contributed by atoms with Crippen LogP contribution in [-0.4, -0.2) is 13.7 Å². The van der Waals surface area contributed by atoms with Crippen LogP contribution in [0.3, 0.4) is 0 Å². The first-order chi connectivity index (χ1) is 10.00. The average Bonchev–Trinajstić information content (AvgIpc) is 2.48. The Kier molecular flexibility index (Phi) is 5.40. The minimum absolute atomic E-state index is 0.257. The summed E-state index contributed by atoms with van der Waals surface area (Å²) in [5.74, 6) is 0. The SMILES string of the molecule is CC(C)=CCCC1=CCC(S(=O)(=O)c2ccccc2)CC1. The van der Waals surface area contributed by atoms with Gasteiger partial charge in [-0.05, 0) is 58.1 Å². The van der Waals surface area contributed by atoms with Gasteiger partial charge in [0.2, 0.25) is 0 Å². The molecule has 0 saturated heterocycles. The zero-order valence-electron chi connectivity index (χ0n) is 12.9. The van der Waals surface area contributed by atoms with E-state index >= 15 is 0 Å². The molecule has 0 N–H and O–H groups in total. The van der Waals surface area contributed by atoms with E-state index in [-0.39, 0.29) is 5.25 Å². The number of benzene rings is 1. The minimum atomic E-state index is -3.18. The molecule has 2 nitrogen and oxygen atoms in total. The van der Waals surface area contributed by atoms with Gasteiger partial charge in [0.05, 0.1) is 10.1 Å². The second kappa shape index (κ2) is 7.08. The van der Waals surface area contributed by atoms with Crippen molar-refractivity contribution in [2.45, 2.75) is 56.1 Å². The summed E-state index contributed by atoms with van der Waals surface area (Å²) in [4.78, 5) is 0.455. The summed E-state index contributed by atoms with van der Waals surface area (Å²) in [7, 11) is -3.18. The third-order valence-corrected chi connectivity index (χ3v) is 6.22. The molecule has 1 aromatic carbocycles. The first-order valence-corrected chi connectivity index (χ1v) is 9.15. The molecule has 21 heavy (non-hydrogen) atoms. The lowest BCUT2D eigenvalue weighted by molar-refractivity contribution is 0.562. The second-order valence-corrected chi connectivity index (χ2v) is 8.17. The number of sulfone groups is 1. The molecule has 0 spiro atoms. The van der Waals surface area contributed by atoms with Gasteiger partial charge in [0.15, 0.2) is 9.84 Å². The summed E-state index contributed by atoms with van der Waals surface area (Å²) >= 11 is 0. The third kappa shape index (κ3) is 4.31. The third-order valence-electron chi connectivity index (χ3n) is 3.99. The summed E-state index contributed by atoms with van der Waals surface area (Å²) in [6, 6.07) is 8.82. The highest BCUT2D eigenvalue weighted by molar-refractivity contribution is 7.92. The Bertz CT molecular complexity index is 620. The van der Waals surface area contributed by atoms with E-state index in [0.29, 0.717) is 11.3 Å². The first-order valence-electron chi connectivity index (χ1n) is 7.60. The lowest BCUT2D eigenvalue weighted by Gasteiger charge is -2.22. The Morgan fingerprint density at radius 2 is 1.95 bits per heavy atom. The molecule has 3 heteroatoms. The van der Waals surface area contributed by atoms with Crippen LogP contribution in [0.5, 0.6) is 0 Å². The van der Waals surface area contributed by atoms with Crippen LogP contribution in [0.4, 0.5) is 0 Å². The maximum absolute atomic E-state index is 12.6. The molecule has 1 atom stereocenters. The Balaban J connectivity index is 2.00. The van der Waals surface area contributed by atoms with Crippen molar-refractivity contribution in [3.8, 4) is 0 Å². The Labute approximate surface area is 128 Å². The summed E-state index contributed by atoms with van der Waals surface area (Å²) in [6.07, 6.45) is 8.82. The van der Waals surface area contributed by atoms with Crippen molar-refractivity contribution < 1.29 is 8.42 Å². The Hall–Kier alpha value is -1.35. The van der Waals surface area contributed by atoms with Crippen LogP contribution in [0.15, 0.2) is 58.5 Å². The van der Waals surface area contributed by atoms with Gasteiger partial charge in [-0.1, -0.05) is 41.5 Å². The smallest absolute Gasteiger partial charge is 0.181 e. The van der Waals surface area contributed by atoms with Gasteiger partial charge in [-0.15, -0.1) is 0 Å². The summed E-state index contributed by atoms with van der Waals surface area (Å²) in [5.41, 5.74) is 2.75. The van der Waals surface area contributed by atoms with Crippen molar-refractivity contribution in [2.24, 2.45) is 0 Å². The van der Waals surface area contributed by atoms with Crippen molar-refractivity contribution >= 4 is 9.84 Å². The monoisotopic (exact) mass is 304 g/mol. The van der Waals surface area contributed by atoms with Crippen LogP contribution in [0, 0.1) is 0 Å². The molecule has 1 aromatic rings. The van der Waals surface area contributed by atoms with Crippen LogP contribution in [0.1, 0.15) is 46.0 Å². The highest BCUT2D eigenvalue weighted by Gasteiger charge is 2.28. The van der Waals surface area contributed by atoms with Gasteiger partial charge < -0.3 is 0 Å². The van der Waals surface area contributed by atoms with E-state index in [4.69, 9.17) is 0 Å². The van der Waals surface area contributed by atoms with Crippen molar-refractivity contribution in [3.05, 3.63) is 53.6 Å². The van der Waals surface area contributed by atoms with E-state index in [9.17, 15) is 8.42 Å². The fourth-order valence-corrected chi connectivity index (χ4v) is 4.42. The summed E-state index contributed by atoms with van der Waals surface area (Å²) in [6.45, 7) is 4.22. The van der Waals surface area contributed by atoms with Gasteiger partial charge in [0.25, 0.3) is 0 Å². The Morgan fingerprint density at radius 3 is 2.52 bits per heavy atom. The molecule has 0 aliphatic heterocycles. The van der Waals surface area contributed by atoms with E-state index in [0.717, 1.165) is 25.7 Å². The van der Waals surface area contributed by atoms with Crippen molar-refractivity contribution in [1.82, 2.24) is 0 Å². The molecular formula is C18H24O2S. The van der Waals surface area contributed by atoms with Crippen LogP contribution in [0.2, 0.25) is 0 Å². The first kappa shape index (κ1) is 16.0. The highest BCUT2D eigenvalue weighted by atomic mass is 32.2. The average molecular weight is 304 g/mol. The maximum Gasteiger partial charge on any atom is 0.181 e. The van der Waals surface area contributed by atoms with Crippen LogP contribution in [0.25, 0.3) is 0 Å². The molecule has 0 radical (unpaired) electrons. The second-order valence-electron chi connectivity index (χ2n) is 5.94. The molecule has 0 saturated carbocycles. The predicted molar refractivity (Wildman–Crippen MR) is 88.0 cm³/mol. The van der Waals surface area contributed by atoms with Gasteiger partial charge in [0.1, 0.15) is 0 Å². The van der Waals surface area contributed by atoms with Crippen LogP contribution < -0.4 is 0 Å². The van der Waals surface area contributed by atoms with Gasteiger partial charge in [-0.3, -0.25) is 0 Å². The fraction of sp³-hybridized carbons (Fsp3) is 0.444. The van der Waals surface area contributed by atoms with Gasteiger partial charge >= 0.3 is 0 Å². The zero-order valence-corrected chi connectivity index (χ0v) is 13.7. The van der Waals surface area contributed by atoms with E-state index in [1.54, 1.807) is 24.3 Å². The van der Waals surface area contributed by atoms with Crippen molar-refractivity contribution in [1.29, 1.82) is 0 Å². The van der Waals surface area contributed by atoms with E-state index in [2.05, 4.69) is 26.0 Å². The molecule has 0 bridgehead atoms. The lowest BCUT2D eigenvalue weighted by Crippen LogP contribution is -2.23. The Morgan fingerprint density at radius 1 is 1.24 bits per heavy atom. The van der Waals surface area contributed by atoms with Crippen LogP contribution in [-0.2, 0) is 9.84 Å². The molecule has 1 unspecified atom stereocenters. The molecular weight excluding hydrogens is 280 g/mol. The molecule has 1 aliphatic rings. The molecule has 1 aliphatic carbocycles. The minimum Gasteiger partial charge on any atom is -0.223 e. The molecule has 0 fully saturated rings. The number of hydrogen-bond acceptors (Lipinski definition) is 2. The fourth-order valence-electron chi connectivity index (χ4n) is 2.72. The van der Waals surface area contributed by atoms with Gasteiger partial charge in [-0.25, -0.2) is 8.42 Å². The molecule has 114 valence electrons. The summed E-state index contributed by atoms with van der Waals surface area (Å²) in [5, 5.41) is -0.257. The molecule has 0 aromatic heterocycles. The van der Waals surface area contributed by atoms with Crippen molar-refractivity contribution in [3.63, 3.8) is 0 Å². The van der Waals surface area contributed by atoms with Gasteiger partial charge in [-0.2, -0.15) is 0 Å². The van der Waals surface area contributed by atoms with Gasteiger partial charge in [0, 0.05) is 0 Å². The standard InChI is InChI=1S/C18H24O2S/c1-15(2)7-6-8-16-11-13-18(14-12-16)21(19,20)17-9-4-3-5-10-17/h3-5,7,9-11,18H,6,8,12-14H2,1-2H3. The van der Waals surface area contributed by atoms with E-state index < -0.39 is 9.84 Å². The van der Waals surface area contributed by atoms with E-state index in [1.807, 2.05) is 6.07 Å². The normalized spacial score (nSPS) is 19.0. The largest absolute Gasteiger partial charge is 0.223 e. The molecule has 2 rings (SSSR count).